The van der Waals surface area contributed by atoms with E-state index in [9.17, 15) is 0 Å². The van der Waals surface area contributed by atoms with Gasteiger partial charge >= 0.3 is 0 Å². The van der Waals surface area contributed by atoms with Gasteiger partial charge in [-0.15, -0.1) is 0 Å². The summed E-state index contributed by atoms with van der Waals surface area (Å²) in [5.41, 5.74) is 2.05. The number of hydrogen-bond acceptors (Lipinski definition) is 3. The van der Waals surface area contributed by atoms with Crippen LogP contribution in [0.1, 0.15) is 31.1 Å². The Bertz CT molecular complexity index is 590. The van der Waals surface area contributed by atoms with Crippen LogP contribution in [-0.4, -0.2) is 21.3 Å². The first-order valence-corrected chi connectivity index (χ1v) is 7.25. The highest BCUT2D eigenvalue weighted by atomic mass is 35.5. The zero-order valence-corrected chi connectivity index (χ0v) is 13.2. The molecule has 1 aromatic carbocycles. The van der Waals surface area contributed by atoms with Crippen molar-refractivity contribution in [2.24, 2.45) is 5.92 Å². The molecule has 0 aliphatic rings. The van der Waals surface area contributed by atoms with Crippen molar-refractivity contribution in [2.45, 2.75) is 34.2 Å². The third kappa shape index (κ3) is 3.38. The van der Waals surface area contributed by atoms with E-state index in [1.807, 2.05) is 30.7 Å². The van der Waals surface area contributed by atoms with Gasteiger partial charge in [-0.25, -0.2) is 9.67 Å². The molecule has 2 rings (SSSR count). The highest BCUT2D eigenvalue weighted by Gasteiger charge is 2.13. The number of aromatic nitrogens is 3. The summed E-state index contributed by atoms with van der Waals surface area (Å²) in [4.78, 5) is 4.35. The second-order valence-electron chi connectivity index (χ2n) is 5.39. The van der Waals surface area contributed by atoms with Crippen LogP contribution in [-0.2, 0) is 6.54 Å². The van der Waals surface area contributed by atoms with E-state index in [2.05, 4.69) is 35.3 Å². The highest BCUT2D eigenvalue weighted by molar-refractivity contribution is 6.32. The molecule has 0 saturated carbocycles. The number of aryl methyl sites for hydroxylation is 2. The molecule has 0 aliphatic carbocycles. The SMILES string of the molecule is Cc1nc(C)n(-c2c(Cl)cccc2CNCC(C)C)n1. The van der Waals surface area contributed by atoms with Crippen molar-refractivity contribution in [3.63, 3.8) is 0 Å². The van der Waals surface area contributed by atoms with Crippen molar-refractivity contribution in [3.05, 3.63) is 40.4 Å². The summed E-state index contributed by atoms with van der Waals surface area (Å²) in [6.07, 6.45) is 0. The molecule has 0 atom stereocenters. The van der Waals surface area contributed by atoms with Gasteiger partial charge in [0.25, 0.3) is 0 Å². The van der Waals surface area contributed by atoms with Gasteiger partial charge in [-0.3, -0.25) is 0 Å². The first-order valence-electron chi connectivity index (χ1n) is 6.87. The molecule has 0 bridgehead atoms. The van der Waals surface area contributed by atoms with Crippen molar-refractivity contribution < 1.29 is 0 Å². The van der Waals surface area contributed by atoms with E-state index in [1.165, 1.54) is 0 Å². The summed E-state index contributed by atoms with van der Waals surface area (Å²) in [5, 5.41) is 8.58. The second-order valence-corrected chi connectivity index (χ2v) is 5.80. The Morgan fingerprint density at radius 1 is 1.30 bits per heavy atom. The van der Waals surface area contributed by atoms with Gasteiger partial charge in [0.15, 0.2) is 0 Å². The average molecular weight is 293 g/mol. The Kier molecular flexibility index (Phi) is 4.78. The van der Waals surface area contributed by atoms with Crippen molar-refractivity contribution in [3.8, 4) is 5.69 Å². The lowest BCUT2D eigenvalue weighted by Gasteiger charge is -2.14. The molecule has 0 amide bonds. The van der Waals surface area contributed by atoms with E-state index >= 15 is 0 Å². The Morgan fingerprint density at radius 2 is 2.05 bits per heavy atom. The summed E-state index contributed by atoms with van der Waals surface area (Å²) >= 11 is 6.37. The van der Waals surface area contributed by atoms with Crippen LogP contribution in [0.25, 0.3) is 5.69 Å². The van der Waals surface area contributed by atoms with E-state index in [1.54, 1.807) is 0 Å². The molecule has 0 unspecified atom stereocenters. The lowest BCUT2D eigenvalue weighted by atomic mass is 10.1. The number of halogens is 1. The summed E-state index contributed by atoms with van der Waals surface area (Å²) in [7, 11) is 0. The standard InChI is InChI=1S/C15H21ClN4/c1-10(2)8-17-9-13-6-5-7-14(16)15(13)20-12(4)18-11(3)19-20/h5-7,10,17H,8-9H2,1-4H3. The average Bonchev–Trinajstić information content (AvgIpc) is 2.68. The molecule has 20 heavy (non-hydrogen) atoms. The molecule has 1 N–H and O–H groups in total. The minimum atomic E-state index is 0.619. The van der Waals surface area contributed by atoms with Crippen LogP contribution in [0.4, 0.5) is 0 Å². The lowest BCUT2D eigenvalue weighted by Crippen LogP contribution is -2.20. The number of para-hydroxylation sites is 1. The van der Waals surface area contributed by atoms with Crippen molar-refractivity contribution >= 4 is 11.6 Å². The number of hydrogen-bond donors (Lipinski definition) is 1. The van der Waals surface area contributed by atoms with E-state index in [0.717, 1.165) is 36.0 Å². The maximum atomic E-state index is 6.37. The van der Waals surface area contributed by atoms with Gasteiger partial charge < -0.3 is 5.32 Å². The third-order valence-corrected chi connectivity index (χ3v) is 3.33. The van der Waals surface area contributed by atoms with Gasteiger partial charge in [0.05, 0.1) is 10.7 Å². The van der Waals surface area contributed by atoms with Gasteiger partial charge in [0, 0.05) is 6.54 Å². The van der Waals surface area contributed by atoms with Gasteiger partial charge in [-0.2, -0.15) is 5.10 Å². The van der Waals surface area contributed by atoms with Gasteiger partial charge in [0.2, 0.25) is 0 Å². The van der Waals surface area contributed by atoms with E-state index in [-0.39, 0.29) is 0 Å². The molecule has 2 aromatic rings. The molecule has 0 spiro atoms. The fraction of sp³-hybridized carbons (Fsp3) is 0.467. The zero-order chi connectivity index (χ0) is 14.7. The largest absolute Gasteiger partial charge is 0.312 e. The topological polar surface area (TPSA) is 42.7 Å². The number of nitrogens with zero attached hydrogens (tertiary/aromatic N) is 3. The molecule has 108 valence electrons. The maximum Gasteiger partial charge on any atom is 0.148 e. The van der Waals surface area contributed by atoms with Crippen LogP contribution in [0.2, 0.25) is 5.02 Å². The van der Waals surface area contributed by atoms with E-state index in [0.29, 0.717) is 10.9 Å². The van der Waals surface area contributed by atoms with Crippen molar-refractivity contribution in [1.29, 1.82) is 0 Å². The third-order valence-electron chi connectivity index (χ3n) is 3.03. The van der Waals surface area contributed by atoms with Crippen LogP contribution in [0.3, 0.4) is 0 Å². The van der Waals surface area contributed by atoms with Crippen molar-refractivity contribution in [1.82, 2.24) is 20.1 Å². The molecule has 0 fully saturated rings. The molecule has 0 radical (unpaired) electrons. The molecule has 1 heterocycles. The smallest absolute Gasteiger partial charge is 0.148 e. The first-order chi connectivity index (χ1) is 9.49. The van der Waals surface area contributed by atoms with Gasteiger partial charge in [-0.1, -0.05) is 37.6 Å². The monoisotopic (exact) mass is 292 g/mol. The molecule has 0 saturated heterocycles. The van der Waals surface area contributed by atoms with Crippen LogP contribution in [0, 0.1) is 19.8 Å². The Labute approximate surface area is 125 Å². The first kappa shape index (κ1) is 15.0. The van der Waals surface area contributed by atoms with Crippen molar-refractivity contribution in [2.75, 3.05) is 6.54 Å². The summed E-state index contributed by atoms with van der Waals surface area (Å²) in [6.45, 7) is 9.95. The van der Waals surface area contributed by atoms with Crippen LogP contribution in [0.15, 0.2) is 18.2 Å². The maximum absolute atomic E-state index is 6.37. The van der Waals surface area contributed by atoms with E-state index in [4.69, 9.17) is 11.6 Å². The Morgan fingerprint density at radius 3 is 2.65 bits per heavy atom. The molecule has 0 aliphatic heterocycles. The number of benzene rings is 1. The molecule has 4 nitrogen and oxygen atoms in total. The fourth-order valence-electron chi connectivity index (χ4n) is 2.17. The number of rotatable bonds is 5. The molecular formula is C15H21ClN4. The van der Waals surface area contributed by atoms with E-state index < -0.39 is 0 Å². The summed E-state index contributed by atoms with van der Waals surface area (Å²) in [5.74, 6) is 2.22. The van der Waals surface area contributed by atoms with Crippen LogP contribution in [0.5, 0.6) is 0 Å². The summed E-state index contributed by atoms with van der Waals surface area (Å²) < 4.78 is 1.82. The quantitative estimate of drug-likeness (QED) is 0.919. The van der Waals surface area contributed by atoms with Gasteiger partial charge in [-0.05, 0) is 37.9 Å². The molecular weight excluding hydrogens is 272 g/mol. The predicted octanol–water partition coefficient (Wildman–Crippen LogP) is 3.28. The normalized spacial score (nSPS) is 11.3. The molecule has 1 aromatic heterocycles. The number of nitrogens with one attached hydrogen (secondary N) is 1. The summed E-state index contributed by atoms with van der Waals surface area (Å²) in [6, 6.07) is 5.93. The second kappa shape index (κ2) is 6.37. The minimum Gasteiger partial charge on any atom is -0.312 e. The zero-order valence-electron chi connectivity index (χ0n) is 12.4. The lowest BCUT2D eigenvalue weighted by molar-refractivity contribution is 0.551. The Hall–Kier alpha value is -1.39. The van der Waals surface area contributed by atoms with Crippen LogP contribution >= 0.6 is 11.6 Å². The van der Waals surface area contributed by atoms with Gasteiger partial charge in [0.1, 0.15) is 11.6 Å². The Balaban J connectivity index is 2.34. The van der Waals surface area contributed by atoms with Crippen LogP contribution < -0.4 is 5.32 Å². The fourth-order valence-corrected chi connectivity index (χ4v) is 2.44. The predicted molar refractivity (Wildman–Crippen MR) is 82.4 cm³/mol. The highest BCUT2D eigenvalue weighted by Crippen LogP contribution is 2.25. The minimum absolute atomic E-state index is 0.619. The molecule has 5 heteroatoms.